The molecule has 18 heavy (non-hydrogen) atoms. The van der Waals surface area contributed by atoms with E-state index in [4.69, 9.17) is 0 Å². The van der Waals surface area contributed by atoms with Gasteiger partial charge in [0.15, 0.2) is 0 Å². The van der Waals surface area contributed by atoms with E-state index in [1.807, 2.05) is 14.0 Å². The van der Waals surface area contributed by atoms with Gasteiger partial charge in [0.2, 0.25) is 5.91 Å². The number of rotatable bonds is 7. The number of amides is 1. The van der Waals surface area contributed by atoms with E-state index in [-0.39, 0.29) is 5.91 Å². The summed E-state index contributed by atoms with van der Waals surface area (Å²) in [4.78, 5) is 11.6. The monoisotopic (exact) mass is 266 g/mol. The van der Waals surface area contributed by atoms with Crippen LogP contribution in [0.15, 0.2) is 24.3 Å². The summed E-state index contributed by atoms with van der Waals surface area (Å²) in [6.07, 6.45) is 0. The molecular weight excluding hydrogens is 244 g/mol. The Bertz CT molecular complexity index is 382. The van der Waals surface area contributed by atoms with Gasteiger partial charge in [0.1, 0.15) is 0 Å². The molecule has 0 aliphatic carbocycles. The Labute approximate surface area is 114 Å². The fourth-order valence-corrected chi connectivity index (χ4v) is 2.29. The molecule has 1 aromatic carbocycles. The summed E-state index contributed by atoms with van der Waals surface area (Å²) in [6.45, 7) is 4.81. The Morgan fingerprint density at radius 1 is 1.44 bits per heavy atom. The average molecular weight is 266 g/mol. The summed E-state index contributed by atoms with van der Waals surface area (Å²) in [5.74, 6) is 1.51. The Morgan fingerprint density at radius 3 is 2.89 bits per heavy atom. The second-order valence-electron chi connectivity index (χ2n) is 4.48. The van der Waals surface area contributed by atoms with Crippen LogP contribution in [0.25, 0.3) is 0 Å². The number of benzene rings is 1. The Kier molecular flexibility index (Phi) is 6.83. The minimum atomic E-state index is 0.106. The topological polar surface area (TPSA) is 41.1 Å². The highest BCUT2D eigenvalue weighted by Gasteiger charge is 2.04. The Balaban J connectivity index is 2.19. The molecule has 0 saturated heterocycles. The van der Waals surface area contributed by atoms with Crippen molar-refractivity contribution in [1.29, 1.82) is 0 Å². The van der Waals surface area contributed by atoms with E-state index in [1.165, 1.54) is 11.1 Å². The predicted octanol–water partition coefficient (Wildman–Crippen LogP) is 1.95. The van der Waals surface area contributed by atoms with Gasteiger partial charge in [-0.25, -0.2) is 0 Å². The lowest BCUT2D eigenvalue weighted by atomic mass is 10.2. The highest BCUT2D eigenvalue weighted by atomic mass is 32.2. The molecule has 100 valence electrons. The molecule has 2 N–H and O–H groups in total. The lowest BCUT2D eigenvalue weighted by molar-refractivity contribution is -0.118. The molecule has 0 bridgehead atoms. The summed E-state index contributed by atoms with van der Waals surface area (Å²) < 4.78 is 0. The summed E-state index contributed by atoms with van der Waals surface area (Å²) in [6, 6.07) is 8.71. The van der Waals surface area contributed by atoms with Gasteiger partial charge in [-0.2, -0.15) is 0 Å². The van der Waals surface area contributed by atoms with Crippen molar-refractivity contribution in [1.82, 2.24) is 10.6 Å². The van der Waals surface area contributed by atoms with E-state index in [0.717, 1.165) is 5.75 Å². The third kappa shape index (κ3) is 6.07. The minimum Gasteiger partial charge on any atom is -0.354 e. The smallest absolute Gasteiger partial charge is 0.230 e. The van der Waals surface area contributed by atoms with Gasteiger partial charge in [0.05, 0.1) is 5.75 Å². The van der Waals surface area contributed by atoms with E-state index in [2.05, 4.69) is 41.8 Å². The van der Waals surface area contributed by atoms with Gasteiger partial charge in [0, 0.05) is 18.3 Å². The molecule has 3 nitrogen and oxygen atoms in total. The van der Waals surface area contributed by atoms with Crippen molar-refractivity contribution in [2.24, 2.45) is 0 Å². The van der Waals surface area contributed by atoms with Crippen LogP contribution in [0.2, 0.25) is 0 Å². The first-order chi connectivity index (χ1) is 8.61. The van der Waals surface area contributed by atoms with Crippen molar-refractivity contribution in [2.75, 3.05) is 19.3 Å². The molecule has 0 fully saturated rings. The second-order valence-corrected chi connectivity index (χ2v) is 5.46. The van der Waals surface area contributed by atoms with Gasteiger partial charge in [-0.05, 0) is 26.5 Å². The third-order valence-electron chi connectivity index (χ3n) is 2.68. The molecule has 0 aliphatic heterocycles. The standard InChI is InChI=1S/C14H22N2OS/c1-11-5-4-6-13(7-11)9-18-10-14(17)16-8-12(2)15-3/h4-7,12,15H,8-10H2,1-3H3,(H,16,17). The zero-order chi connectivity index (χ0) is 13.4. The number of carbonyl (C=O) groups is 1. The van der Waals surface area contributed by atoms with Gasteiger partial charge in [-0.15, -0.1) is 11.8 Å². The SMILES string of the molecule is CNC(C)CNC(=O)CSCc1cccc(C)c1. The molecule has 1 atom stereocenters. The largest absolute Gasteiger partial charge is 0.354 e. The molecule has 4 heteroatoms. The van der Waals surface area contributed by atoms with Crippen molar-refractivity contribution < 1.29 is 4.79 Å². The molecule has 0 heterocycles. The van der Waals surface area contributed by atoms with E-state index >= 15 is 0 Å². The fourth-order valence-electron chi connectivity index (χ4n) is 1.48. The third-order valence-corrected chi connectivity index (χ3v) is 3.69. The number of nitrogens with one attached hydrogen (secondary N) is 2. The van der Waals surface area contributed by atoms with Crippen LogP contribution >= 0.6 is 11.8 Å². The average Bonchev–Trinajstić information content (AvgIpc) is 2.36. The molecule has 1 rings (SSSR count). The normalized spacial score (nSPS) is 12.2. The maximum atomic E-state index is 11.6. The summed E-state index contributed by atoms with van der Waals surface area (Å²) in [5.41, 5.74) is 2.54. The van der Waals surface area contributed by atoms with Gasteiger partial charge >= 0.3 is 0 Å². The Hall–Kier alpha value is -1.00. The van der Waals surface area contributed by atoms with E-state index in [9.17, 15) is 4.79 Å². The summed E-state index contributed by atoms with van der Waals surface area (Å²) in [7, 11) is 1.89. The highest BCUT2D eigenvalue weighted by molar-refractivity contribution is 7.99. The zero-order valence-corrected chi connectivity index (χ0v) is 12.1. The van der Waals surface area contributed by atoms with Crippen LogP contribution in [0.1, 0.15) is 18.1 Å². The van der Waals surface area contributed by atoms with Crippen LogP contribution in [0.3, 0.4) is 0 Å². The fraction of sp³-hybridized carbons (Fsp3) is 0.500. The highest BCUT2D eigenvalue weighted by Crippen LogP contribution is 2.13. The lowest BCUT2D eigenvalue weighted by Gasteiger charge is -2.11. The van der Waals surface area contributed by atoms with Crippen molar-refractivity contribution in [3.05, 3.63) is 35.4 Å². The lowest BCUT2D eigenvalue weighted by Crippen LogP contribution is -2.37. The quantitative estimate of drug-likeness (QED) is 0.792. The molecule has 1 aromatic rings. The number of hydrogen-bond donors (Lipinski definition) is 2. The molecule has 1 unspecified atom stereocenters. The molecule has 0 radical (unpaired) electrons. The van der Waals surface area contributed by atoms with Crippen molar-refractivity contribution in [3.63, 3.8) is 0 Å². The molecular formula is C14H22N2OS. The summed E-state index contributed by atoms with van der Waals surface area (Å²) >= 11 is 1.65. The maximum Gasteiger partial charge on any atom is 0.230 e. The number of likely N-dealkylation sites (N-methyl/N-ethyl adjacent to an activating group) is 1. The first-order valence-corrected chi connectivity index (χ1v) is 7.34. The Morgan fingerprint density at radius 2 is 2.22 bits per heavy atom. The zero-order valence-electron chi connectivity index (χ0n) is 11.3. The van der Waals surface area contributed by atoms with Gasteiger partial charge in [-0.3, -0.25) is 4.79 Å². The van der Waals surface area contributed by atoms with E-state index < -0.39 is 0 Å². The van der Waals surface area contributed by atoms with Gasteiger partial charge in [-0.1, -0.05) is 29.8 Å². The molecule has 0 saturated carbocycles. The van der Waals surface area contributed by atoms with E-state index in [1.54, 1.807) is 11.8 Å². The maximum absolute atomic E-state index is 11.6. The van der Waals surface area contributed by atoms with Crippen molar-refractivity contribution in [3.8, 4) is 0 Å². The molecule has 0 aromatic heterocycles. The number of hydrogen-bond acceptors (Lipinski definition) is 3. The van der Waals surface area contributed by atoms with Crippen LogP contribution in [-0.2, 0) is 10.5 Å². The second kappa shape index (κ2) is 8.16. The first-order valence-electron chi connectivity index (χ1n) is 6.19. The number of thioether (sulfide) groups is 1. The number of aryl methyl sites for hydroxylation is 1. The van der Waals surface area contributed by atoms with Crippen molar-refractivity contribution in [2.45, 2.75) is 25.6 Å². The first kappa shape index (κ1) is 15.1. The van der Waals surface area contributed by atoms with E-state index in [0.29, 0.717) is 18.3 Å². The van der Waals surface area contributed by atoms with Crippen LogP contribution in [0, 0.1) is 6.92 Å². The number of carbonyl (C=O) groups excluding carboxylic acids is 1. The van der Waals surface area contributed by atoms with Crippen molar-refractivity contribution >= 4 is 17.7 Å². The van der Waals surface area contributed by atoms with Crippen LogP contribution in [-0.4, -0.2) is 31.3 Å². The summed E-state index contributed by atoms with van der Waals surface area (Å²) in [5, 5.41) is 6.00. The van der Waals surface area contributed by atoms with Crippen LogP contribution < -0.4 is 10.6 Å². The predicted molar refractivity (Wildman–Crippen MR) is 78.9 cm³/mol. The molecule has 1 amide bonds. The van der Waals surface area contributed by atoms with Gasteiger partial charge in [0.25, 0.3) is 0 Å². The molecule has 0 spiro atoms. The minimum absolute atomic E-state index is 0.106. The van der Waals surface area contributed by atoms with Gasteiger partial charge < -0.3 is 10.6 Å². The molecule has 0 aliphatic rings. The van der Waals surface area contributed by atoms with Crippen LogP contribution in [0.5, 0.6) is 0 Å². The van der Waals surface area contributed by atoms with Crippen LogP contribution in [0.4, 0.5) is 0 Å².